The number of hydrogen-bond donors (Lipinski definition) is 1. The molecule has 2 rings (SSSR count). The Hall–Kier alpha value is -2.24. The van der Waals surface area contributed by atoms with E-state index in [1.54, 1.807) is 35.4 Å². The van der Waals surface area contributed by atoms with Gasteiger partial charge in [0.25, 0.3) is 0 Å². The predicted octanol–water partition coefficient (Wildman–Crippen LogP) is 2.31. The van der Waals surface area contributed by atoms with Gasteiger partial charge in [0.1, 0.15) is 0 Å². The highest BCUT2D eigenvalue weighted by atomic mass is 16.3. The molecule has 0 aliphatic rings. The van der Waals surface area contributed by atoms with Gasteiger partial charge in [-0.3, -0.25) is 4.68 Å². The number of carbonyl (C=O) groups excluding carboxylic acids is 1. The van der Waals surface area contributed by atoms with Crippen LogP contribution in [0.25, 0.3) is 0 Å². The number of amides is 2. The zero-order valence-electron chi connectivity index (χ0n) is 12.0. The smallest absolute Gasteiger partial charge is 0.317 e. The van der Waals surface area contributed by atoms with Crippen molar-refractivity contribution in [2.24, 2.45) is 7.05 Å². The number of hydrogen-bond acceptors (Lipinski definition) is 3. The number of nitrogens with zero attached hydrogens (tertiary/aromatic N) is 3. The first-order valence-electron chi connectivity index (χ1n) is 6.62. The van der Waals surface area contributed by atoms with E-state index < -0.39 is 0 Å². The molecule has 2 heterocycles. The quantitative estimate of drug-likeness (QED) is 0.911. The molecule has 0 bridgehead atoms. The molecule has 1 N–H and O–H groups in total. The van der Waals surface area contributed by atoms with Crippen LogP contribution in [-0.2, 0) is 13.6 Å². The molecule has 2 aromatic heterocycles. The first-order valence-corrected chi connectivity index (χ1v) is 6.62. The minimum atomic E-state index is -0.112. The van der Waals surface area contributed by atoms with Crippen molar-refractivity contribution >= 4 is 6.03 Å². The third-order valence-corrected chi connectivity index (χ3v) is 3.27. The summed E-state index contributed by atoms with van der Waals surface area (Å²) in [5.74, 6) is 0. The highest BCUT2D eigenvalue weighted by molar-refractivity contribution is 5.74. The molecule has 6 nitrogen and oxygen atoms in total. The SMILES string of the molecule is CC[C@H](NC(=O)N(C)Cc1ccoc1)c1ccnn1C. The van der Waals surface area contributed by atoms with E-state index in [1.807, 2.05) is 26.1 Å². The van der Waals surface area contributed by atoms with Gasteiger partial charge in [-0.1, -0.05) is 6.92 Å². The molecule has 1 atom stereocenters. The molecule has 0 aliphatic heterocycles. The Bertz CT molecular complexity index is 547. The molecule has 6 heteroatoms. The van der Waals surface area contributed by atoms with Gasteiger partial charge in [0.05, 0.1) is 30.8 Å². The Morgan fingerprint density at radius 3 is 2.90 bits per heavy atom. The predicted molar refractivity (Wildman–Crippen MR) is 74.9 cm³/mol. The third kappa shape index (κ3) is 3.20. The van der Waals surface area contributed by atoms with E-state index in [0.717, 1.165) is 17.7 Å². The summed E-state index contributed by atoms with van der Waals surface area (Å²) in [6.07, 6.45) is 5.79. The highest BCUT2D eigenvalue weighted by Crippen LogP contribution is 2.15. The molecule has 0 radical (unpaired) electrons. The number of nitrogens with one attached hydrogen (secondary N) is 1. The van der Waals surface area contributed by atoms with Crippen molar-refractivity contribution in [1.82, 2.24) is 20.0 Å². The summed E-state index contributed by atoms with van der Waals surface area (Å²) < 4.78 is 6.78. The standard InChI is InChI=1S/C14H20N4O2/c1-4-12(13-5-7-15-18(13)3)16-14(19)17(2)9-11-6-8-20-10-11/h5-8,10,12H,4,9H2,1-3H3,(H,16,19)/t12-/m0/s1. The van der Waals surface area contributed by atoms with Gasteiger partial charge in [-0.2, -0.15) is 5.10 Å². The first-order chi connectivity index (χ1) is 9.61. The van der Waals surface area contributed by atoms with Crippen LogP contribution < -0.4 is 5.32 Å². The molecule has 20 heavy (non-hydrogen) atoms. The topological polar surface area (TPSA) is 63.3 Å². The van der Waals surface area contributed by atoms with Crippen molar-refractivity contribution in [1.29, 1.82) is 0 Å². The number of rotatable bonds is 5. The van der Waals surface area contributed by atoms with E-state index in [0.29, 0.717) is 6.54 Å². The summed E-state index contributed by atoms with van der Waals surface area (Å²) in [5, 5.41) is 7.16. The fourth-order valence-corrected chi connectivity index (χ4v) is 2.10. The van der Waals surface area contributed by atoms with Crippen molar-refractivity contribution < 1.29 is 9.21 Å². The van der Waals surface area contributed by atoms with Crippen molar-refractivity contribution in [3.05, 3.63) is 42.1 Å². The Morgan fingerprint density at radius 2 is 2.35 bits per heavy atom. The average Bonchev–Trinajstić information content (AvgIpc) is 3.07. The normalized spacial score (nSPS) is 12.2. The number of aryl methyl sites for hydroxylation is 1. The molecule has 0 fully saturated rings. The van der Waals surface area contributed by atoms with Gasteiger partial charge < -0.3 is 14.6 Å². The lowest BCUT2D eigenvalue weighted by atomic mass is 10.1. The minimum Gasteiger partial charge on any atom is -0.472 e. The summed E-state index contributed by atoms with van der Waals surface area (Å²) in [6, 6.07) is 3.62. The molecular weight excluding hydrogens is 256 g/mol. The van der Waals surface area contributed by atoms with Crippen LogP contribution in [-0.4, -0.2) is 27.8 Å². The minimum absolute atomic E-state index is 0.0400. The van der Waals surface area contributed by atoms with E-state index in [1.165, 1.54) is 0 Å². The number of furan rings is 1. The maximum Gasteiger partial charge on any atom is 0.317 e. The van der Waals surface area contributed by atoms with Gasteiger partial charge in [0.15, 0.2) is 0 Å². The van der Waals surface area contributed by atoms with E-state index in [-0.39, 0.29) is 12.1 Å². The van der Waals surface area contributed by atoms with Crippen LogP contribution in [0.5, 0.6) is 0 Å². The van der Waals surface area contributed by atoms with E-state index in [4.69, 9.17) is 4.42 Å². The van der Waals surface area contributed by atoms with Gasteiger partial charge >= 0.3 is 6.03 Å². The van der Waals surface area contributed by atoms with E-state index in [9.17, 15) is 4.79 Å². The van der Waals surface area contributed by atoms with Crippen molar-refractivity contribution in [2.45, 2.75) is 25.9 Å². The van der Waals surface area contributed by atoms with Crippen LogP contribution in [0.1, 0.15) is 30.6 Å². The zero-order valence-corrected chi connectivity index (χ0v) is 12.0. The highest BCUT2D eigenvalue weighted by Gasteiger charge is 2.18. The molecule has 0 aromatic carbocycles. The molecule has 0 aliphatic carbocycles. The third-order valence-electron chi connectivity index (χ3n) is 3.27. The summed E-state index contributed by atoms with van der Waals surface area (Å²) in [5.41, 5.74) is 1.97. The van der Waals surface area contributed by atoms with E-state index in [2.05, 4.69) is 10.4 Å². The van der Waals surface area contributed by atoms with Crippen LogP contribution in [0.3, 0.4) is 0 Å². The first kappa shape index (κ1) is 14.2. The largest absolute Gasteiger partial charge is 0.472 e. The molecule has 0 saturated heterocycles. The Kier molecular flexibility index (Phi) is 4.45. The Morgan fingerprint density at radius 1 is 1.55 bits per heavy atom. The Balaban J connectivity index is 1.97. The lowest BCUT2D eigenvalue weighted by molar-refractivity contribution is 0.201. The molecule has 108 valence electrons. The van der Waals surface area contributed by atoms with Gasteiger partial charge in [-0.05, 0) is 18.6 Å². The fraction of sp³-hybridized carbons (Fsp3) is 0.429. The average molecular weight is 276 g/mol. The zero-order chi connectivity index (χ0) is 14.5. The van der Waals surface area contributed by atoms with Gasteiger partial charge in [0.2, 0.25) is 0 Å². The number of urea groups is 1. The van der Waals surface area contributed by atoms with Crippen LogP contribution in [0.4, 0.5) is 4.79 Å². The Labute approximate surface area is 118 Å². The maximum atomic E-state index is 12.2. The summed E-state index contributed by atoms with van der Waals surface area (Å²) in [6.45, 7) is 2.55. The lowest BCUT2D eigenvalue weighted by Gasteiger charge is -2.22. The van der Waals surface area contributed by atoms with Gasteiger partial charge in [-0.15, -0.1) is 0 Å². The monoisotopic (exact) mass is 276 g/mol. The number of aromatic nitrogens is 2. The maximum absolute atomic E-state index is 12.2. The molecule has 0 saturated carbocycles. The summed E-state index contributed by atoms with van der Waals surface area (Å²) in [4.78, 5) is 13.8. The lowest BCUT2D eigenvalue weighted by Crippen LogP contribution is -2.39. The van der Waals surface area contributed by atoms with Crippen molar-refractivity contribution in [3.63, 3.8) is 0 Å². The second-order valence-electron chi connectivity index (χ2n) is 4.78. The molecule has 0 spiro atoms. The molecular formula is C14H20N4O2. The van der Waals surface area contributed by atoms with Crippen LogP contribution in [0.2, 0.25) is 0 Å². The van der Waals surface area contributed by atoms with Crippen LogP contribution in [0, 0.1) is 0 Å². The fourth-order valence-electron chi connectivity index (χ4n) is 2.10. The summed E-state index contributed by atoms with van der Waals surface area (Å²) >= 11 is 0. The van der Waals surface area contributed by atoms with Crippen molar-refractivity contribution in [3.8, 4) is 0 Å². The van der Waals surface area contributed by atoms with E-state index >= 15 is 0 Å². The van der Waals surface area contributed by atoms with Gasteiger partial charge in [-0.25, -0.2) is 4.79 Å². The second-order valence-corrected chi connectivity index (χ2v) is 4.78. The van der Waals surface area contributed by atoms with Crippen molar-refractivity contribution in [2.75, 3.05) is 7.05 Å². The molecule has 2 amide bonds. The van der Waals surface area contributed by atoms with Gasteiger partial charge in [0, 0.05) is 25.9 Å². The molecule has 0 unspecified atom stereocenters. The van der Waals surface area contributed by atoms with Crippen LogP contribution in [0.15, 0.2) is 35.3 Å². The van der Waals surface area contributed by atoms with Crippen LogP contribution >= 0.6 is 0 Å². The second kappa shape index (κ2) is 6.27. The molecule has 2 aromatic rings. The summed E-state index contributed by atoms with van der Waals surface area (Å²) in [7, 11) is 3.64. The number of carbonyl (C=O) groups is 1.